The van der Waals surface area contributed by atoms with Gasteiger partial charge in [-0.25, -0.2) is 0 Å². The second kappa shape index (κ2) is 7.86. The molecule has 0 aromatic heterocycles. The summed E-state index contributed by atoms with van der Waals surface area (Å²) in [4.78, 5) is 0. The molecule has 0 spiro atoms. The number of nitrogens with two attached hydrogens (primary N) is 1. The van der Waals surface area contributed by atoms with E-state index >= 15 is 0 Å². The zero-order chi connectivity index (χ0) is 11.8. The average Bonchev–Trinajstić information content (AvgIpc) is 2.34. The summed E-state index contributed by atoms with van der Waals surface area (Å²) in [7, 11) is 0. The molecule has 1 atom stereocenters. The lowest BCUT2D eigenvalue weighted by Gasteiger charge is -2.33. The van der Waals surface area contributed by atoms with Crippen molar-refractivity contribution < 1.29 is 0 Å². The predicted molar refractivity (Wildman–Crippen MR) is 70.9 cm³/mol. The molecule has 2 heteroatoms. The standard InChI is InChI=1S/C14H28N2/c1-3-5-7-12-8-10-13(11-9-12)14(16-15)6-4-2/h4,12-14,16H,2-3,5-11,15H2,1H3. The molecule has 0 aliphatic heterocycles. The van der Waals surface area contributed by atoms with E-state index in [0.717, 1.165) is 18.3 Å². The van der Waals surface area contributed by atoms with Gasteiger partial charge in [0.05, 0.1) is 0 Å². The van der Waals surface area contributed by atoms with Crippen LogP contribution in [-0.4, -0.2) is 6.04 Å². The fourth-order valence-electron chi connectivity index (χ4n) is 2.95. The van der Waals surface area contributed by atoms with Gasteiger partial charge in [-0.05, 0) is 31.1 Å². The smallest absolute Gasteiger partial charge is 0.0273 e. The maximum absolute atomic E-state index is 5.61. The third-order valence-corrected chi connectivity index (χ3v) is 4.06. The van der Waals surface area contributed by atoms with Crippen molar-refractivity contribution in [2.75, 3.05) is 0 Å². The van der Waals surface area contributed by atoms with Crippen molar-refractivity contribution in [3.63, 3.8) is 0 Å². The molecule has 0 heterocycles. The number of nitrogens with one attached hydrogen (secondary N) is 1. The molecule has 1 saturated carbocycles. The van der Waals surface area contributed by atoms with Crippen LogP contribution in [0.25, 0.3) is 0 Å². The van der Waals surface area contributed by atoms with Crippen molar-refractivity contribution in [3.8, 4) is 0 Å². The Morgan fingerprint density at radius 2 is 2.06 bits per heavy atom. The van der Waals surface area contributed by atoms with Crippen molar-refractivity contribution >= 4 is 0 Å². The topological polar surface area (TPSA) is 38.0 Å². The highest BCUT2D eigenvalue weighted by Crippen LogP contribution is 2.34. The molecule has 0 amide bonds. The van der Waals surface area contributed by atoms with E-state index in [1.165, 1.54) is 44.9 Å². The number of hydrogen-bond acceptors (Lipinski definition) is 2. The van der Waals surface area contributed by atoms with E-state index in [1.807, 2.05) is 6.08 Å². The first-order valence-corrected chi connectivity index (χ1v) is 6.88. The molecule has 16 heavy (non-hydrogen) atoms. The largest absolute Gasteiger partial charge is 0.271 e. The summed E-state index contributed by atoms with van der Waals surface area (Å²) >= 11 is 0. The van der Waals surface area contributed by atoms with E-state index in [2.05, 4.69) is 18.9 Å². The minimum Gasteiger partial charge on any atom is -0.271 e. The molecular formula is C14H28N2. The highest BCUT2D eigenvalue weighted by molar-refractivity contribution is 4.85. The Kier molecular flexibility index (Phi) is 6.74. The molecule has 0 saturated heterocycles. The molecule has 94 valence electrons. The van der Waals surface area contributed by atoms with Gasteiger partial charge in [0.1, 0.15) is 0 Å². The Bertz CT molecular complexity index is 183. The number of unbranched alkanes of at least 4 members (excludes halogenated alkanes) is 1. The van der Waals surface area contributed by atoms with Crippen LogP contribution in [0.2, 0.25) is 0 Å². The average molecular weight is 224 g/mol. The molecule has 0 bridgehead atoms. The summed E-state index contributed by atoms with van der Waals surface area (Å²) < 4.78 is 0. The summed E-state index contributed by atoms with van der Waals surface area (Å²) in [6.07, 6.45) is 12.7. The zero-order valence-corrected chi connectivity index (χ0v) is 10.8. The summed E-state index contributed by atoms with van der Waals surface area (Å²) in [6, 6.07) is 0.449. The van der Waals surface area contributed by atoms with Crippen molar-refractivity contribution in [2.24, 2.45) is 17.7 Å². The Labute approximate surface area is 101 Å². The van der Waals surface area contributed by atoms with Crippen molar-refractivity contribution in [1.29, 1.82) is 0 Å². The first kappa shape index (κ1) is 13.7. The van der Waals surface area contributed by atoms with Crippen LogP contribution in [0, 0.1) is 11.8 Å². The van der Waals surface area contributed by atoms with E-state index in [-0.39, 0.29) is 0 Å². The quantitative estimate of drug-likeness (QED) is 0.395. The number of rotatable bonds is 7. The lowest BCUT2D eigenvalue weighted by Crippen LogP contribution is -2.41. The van der Waals surface area contributed by atoms with E-state index in [4.69, 9.17) is 5.84 Å². The summed E-state index contributed by atoms with van der Waals surface area (Å²) in [5.74, 6) is 7.36. The highest BCUT2D eigenvalue weighted by Gasteiger charge is 2.25. The van der Waals surface area contributed by atoms with Crippen LogP contribution < -0.4 is 11.3 Å². The monoisotopic (exact) mass is 224 g/mol. The van der Waals surface area contributed by atoms with Crippen LogP contribution in [0.3, 0.4) is 0 Å². The van der Waals surface area contributed by atoms with Gasteiger partial charge in [0.25, 0.3) is 0 Å². The Morgan fingerprint density at radius 1 is 1.38 bits per heavy atom. The van der Waals surface area contributed by atoms with Crippen LogP contribution in [0.4, 0.5) is 0 Å². The fraction of sp³-hybridized carbons (Fsp3) is 0.857. The van der Waals surface area contributed by atoms with Gasteiger partial charge in [-0.15, -0.1) is 6.58 Å². The predicted octanol–water partition coefficient (Wildman–Crippen LogP) is 3.39. The lowest BCUT2D eigenvalue weighted by atomic mass is 9.76. The zero-order valence-electron chi connectivity index (χ0n) is 10.8. The lowest BCUT2D eigenvalue weighted by molar-refractivity contribution is 0.213. The van der Waals surface area contributed by atoms with Crippen molar-refractivity contribution in [3.05, 3.63) is 12.7 Å². The van der Waals surface area contributed by atoms with Gasteiger partial charge < -0.3 is 0 Å². The summed E-state index contributed by atoms with van der Waals surface area (Å²) in [5.41, 5.74) is 2.96. The molecular weight excluding hydrogens is 196 g/mol. The van der Waals surface area contributed by atoms with Gasteiger partial charge in [0.2, 0.25) is 0 Å². The highest BCUT2D eigenvalue weighted by atomic mass is 15.2. The van der Waals surface area contributed by atoms with Crippen molar-refractivity contribution in [1.82, 2.24) is 5.43 Å². The molecule has 1 unspecified atom stereocenters. The van der Waals surface area contributed by atoms with Crippen molar-refractivity contribution in [2.45, 2.75) is 64.3 Å². The molecule has 0 radical (unpaired) electrons. The normalized spacial score (nSPS) is 27.6. The molecule has 2 nitrogen and oxygen atoms in total. The summed E-state index contributed by atoms with van der Waals surface area (Å²) in [6.45, 7) is 6.09. The van der Waals surface area contributed by atoms with E-state index in [1.54, 1.807) is 0 Å². The van der Waals surface area contributed by atoms with Gasteiger partial charge >= 0.3 is 0 Å². The van der Waals surface area contributed by atoms with Crippen LogP contribution in [0.1, 0.15) is 58.3 Å². The van der Waals surface area contributed by atoms with Crippen LogP contribution in [0.5, 0.6) is 0 Å². The molecule has 1 fully saturated rings. The number of hydrazine groups is 1. The van der Waals surface area contributed by atoms with E-state index < -0.39 is 0 Å². The second-order valence-corrected chi connectivity index (χ2v) is 5.22. The third-order valence-electron chi connectivity index (χ3n) is 4.06. The number of hydrogen-bond donors (Lipinski definition) is 2. The van der Waals surface area contributed by atoms with Gasteiger partial charge in [0.15, 0.2) is 0 Å². The fourth-order valence-corrected chi connectivity index (χ4v) is 2.95. The van der Waals surface area contributed by atoms with Gasteiger partial charge in [0, 0.05) is 6.04 Å². The minimum atomic E-state index is 0.449. The first-order valence-electron chi connectivity index (χ1n) is 6.88. The van der Waals surface area contributed by atoms with E-state index in [0.29, 0.717) is 6.04 Å². The first-order chi connectivity index (χ1) is 7.81. The Balaban J connectivity index is 2.26. The van der Waals surface area contributed by atoms with E-state index in [9.17, 15) is 0 Å². The maximum Gasteiger partial charge on any atom is 0.0273 e. The molecule has 0 aromatic carbocycles. The molecule has 1 aliphatic carbocycles. The Morgan fingerprint density at radius 3 is 2.56 bits per heavy atom. The molecule has 1 aliphatic rings. The van der Waals surface area contributed by atoms with Crippen LogP contribution in [-0.2, 0) is 0 Å². The van der Waals surface area contributed by atoms with Gasteiger partial charge in [-0.1, -0.05) is 45.1 Å². The SMILES string of the molecule is C=CCC(NN)C1CCC(CCCC)CC1. The maximum atomic E-state index is 5.61. The molecule has 1 rings (SSSR count). The Hall–Kier alpha value is -0.340. The minimum absolute atomic E-state index is 0.449. The third kappa shape index (κ3) is 4.26. The van der Waals surface area contributed by atoms with Crippen LogP contribution in [0.15, 0.2) is 12.7 Å². The summed E-state index contributed by atoms with van der Waals surface area (Å²) in [5, 5.41) is 0. The van der Waals surface area contributed by atoms with Gasteiger partial charge in [-0.3, -0.25) is 11.3 Å². The van der Waals surface area contributed by atoms with Gasteiger partial charge in [-0.2, -0.15) is 0 Å². The second-order valence-electron chi connectivity index (χ2n) is 5.22. The molecule has 0 aromatic rings. The van der Waals surface area contributed by atoms with Crippen LogP contribution >= 0.6 is 0 Å². The molecule has 3 N–H and O–H groups in total.